The van der Waals surface area contributed by atoms with Crippen molar-refractivity contribution in [3.05, 3.63) is 11.9 Å². The third-order valence-corrected chi connectivity index (χ3v) is 11.0. The zero-order valence-corrected chi connectivity index (χ0v) is 28.4. The van der Waals surface area contributed by atoms with Crippen molar-refractivity contribution >= 4 is 5.91 Å². The Morgan fingerprint density at radius 1 is 0.860 bits per heavy atom. The van der Waals surface area contributed by atoms with E-state index in [1.807, 2.05) is 17.8 Å². The van der Waals surface area contributed by atoms with Crippen LogP contribution in [0.15, 0.2) is 6.20 Å². The first-order chi connectivity index (χ1) is 20.6. The smallest absolute Gasteiger partial charge is 0.220 e. The third kappa shape index (κ3) is 13.2. The van der Waals surface area contributed by atoms with Crippen molar-refractivity contribution < 1.29 is 4.79 Å². The molecule has 0 aromatic carbocycles. The van der Waals surface area contributed by atoms with Gasteiger partial charge < -0.3 is 16.8 Å². The van der Waals surface area contributed by atoms with Crippen LogP contribution in [0.25, 0.3) is 0 Å². The molecule has 7 heteroatoms. The molecule has 3 rings (SSSR count). The molecule has 2 aliphatic carbocycles. The first-order valence-corrected chi connectivity index (χ1v) is 18.4. The molecule has 1 amide bonds. The van der Waals surface area contributed by atoms with Gasteiger partial charge in [-0.25, -0.2) is 0 Å². The van der Waals surface area contributed by atoms with E-state index in [2.05, 4.69) is 29.5 Å². The summed E-state index contributed by atoms with van der Waals surface area (Å²) >= 11 is 0. The van der Waals surface area contributed by atoms with Crippen LogP contribution >= 0.6 is 0 Å². The van der Waals surface area contributed by atoms with Crippen LogP contribution in [0.3, 0.4) is 0 Å². The fourth-order valence-corrected chi connectivity index (χ4v) is 7.66. The summed E-state index contributed by atoms with van der Waals surface area (Å²) in [6.07, 6.45) is 33.0. The molecule has 43 heavy (non-hydrogen) atoms. The number of carbonyl (C=O) groups is 1. The highest BCUT2D eigenvalue weighted by atomic mass is 16.1. The molecule has 1 aromatic rings. The minimum Gasteiger partial charge on any atom is -0.349 e. The number of nitrogens with one attached hydrogen (secondary N) is 1. The Hall–Kier alpha value is -1.47. The van der Waals surface area contributed by atoms with Crippen molar-refractivity contribution in [2.24, 2.45) is 16.9 Å². The van der Waals surface area contributed by atoms with Crippen LogP contribution in [0, 0.1) is 5.41 Å². The maximum Gasteiger partial charge on any atom is 0.220 e. The maximum atomic E-state index is 12.9. The van der Waals surface area contributed by atoms with E-state index in [0.29, 0.717) is 24.7 Å². The van der Waals surface area contributed by atoms with Crippen LogP contribution in [-0.2, 0) is 17.8 Å². The molecule has 7 nitrogen and oxygen atoms in total. The van der Waals surface area contributed by atoms with E-state index >= 15 is 0 Å². The van der Waals surface area contributed by atoms with Crippen molar-refractivity contribution in [3.8, 4) is 0 Å². The summed E-state index contributed by atoms with van der Waals surface area (Å²) < 4.78 is 1.97. The molecule has 0 spiro atoms. The van der Waals surface area contributed by atoms with Crippen LogP contribution < -0.4 is 16.8 Å². The number of amides is 1. The van der Waals surface area contributed by atoms with E-state index in [9.17, 15) is 4.79 Å². The largest absolute Gasteiger partial charge is 0.349 e. The molecule has 2 aliphatic rings. The molecular weight excluding hydrogens is 532 g/mol. The highest BCUT2D eigenvalue weighted by Crippen LogP contribution is 2.37. The van der Waals surface area contributed by atoms with Gasteiger partial charge in [-0.15, -0.1) is 5.10 Å². The van der Waals surface area contributed by atoms with E-state index in [0.717, 1.165) is 37.9 Å². The summed E-state index contributed by atoms with van der Waals surface area (Å²) in [4.78, 5) is 12.9. The van der Waals surface area contributed by atoms with Gasteiger partial charge in [-0.2, -0.15) is 0 Å². The Kier molecular flexibility index (Phi) is 15.5. The minimum absolute atomic E-state index is 0.0147. The lowest BCUT2D eigenvalue weighted by atomic mass is 9.75. The zero-order chi connectivity index (χ0) is 31.0. The summed E-state index contributed by atoms with van der Waals surface area (Å²) in [6, 6.07) is 0.0709. The number of carbonyl (C=O) groups excluding carboxylic acids is 1. The number of aromatic nitrogens is 3. The van der Waals surface area contributed by atoms with Gasteiger partial charge in [0.1, 0.15) is 0 Å². The first-order valence-electron chi connectivity index (χ1n) is 18.4. The Morgan fingerprint density at radius 2 is 1.42 bits per heavy atom. The quantitative estimate of drug-likeness (QED) is 0.196. The number of hydrogen-bond acceptors (Lipinski definition) is 5. The minimum atomic E-state index is -0.501. The number of nitrogens with zero attached hydrogens (tertiary/aromatic N) is 3. The number of nitrogens with two attached hydrogens (primary N) is 2. The number of aryl methyl sites for hydroxylation is 2. The van der Waals surface area contributed by atoms with Gasteiger partial charge in [0, 0.05) is 37.2 Å². The molecule has 2 fully saturated rings. The normalized spacial score (nSPS) is 28.9. The Balaban J connectivity index is 1.39. The summed E-state index contributed by atoms with van der Waals surface area (Å²) in [6.45, 7) is 7.57. The predicted octanol–water partition coefficient (Wildman–Crippen LogP) is 8.14. The van der Waals surface area contributed by atoms with E-state index in [1.54, 1.807) is 0 Å². The van der Waals surface area contributed by atoms with Crippen molar-refractivity contribution in [2.45, 2.75) is 205 Å². The molecule has 1 heterocycles. The van der Waals surface area contributed by atoms with E-state index in [4.69, 9.17) is 11.5 Å². The van der Waals surface area contributed by atoms with Gasteiger partial charge in [0.15, 0.2) is 0 Å². The van der Waals surface area contributed by atoms with Gasteiger partial charge in [0.05, 0.1) is 11.2 Å². The van der Waals surface area contributed by atoms with Crippen LogP contribution in [-0.4, -0.2) is 38.0 Å². The topological polar surface area (TPSA) is 112 Å². The van der Waals surface area contributed by atoms with Crippen LogP contribution in [0.4, 0.5) is 0 Å². The van der Waals surface area contributed by atoms with Crippen LogP contribution in [0.5, 0.6) is 0 Å². The van der Waals surface area contributed by atoms with Crippen molar-refractivity contribution in [1.29, 1.82) is 0 Å². The second-order valence-electron chi connectivity index (χ2n) is 15.3. The summed E-state index contributed by atoms with van der Waals surface area (Å²) in [7, 11) is 0. The molecule has 0 aliphatic heterocycles. The molecule has 0 bridgehead atoms. The van der Waals surface area contributed by atoms with Gasteiger partial charge in [-0.1, -0.05) is 115 Å². The monoisotopic (exact) mass is 601 g/mol. The van der Waals surface area contributed by atoms with Gasteiger partial charge in [0.2, 0.25) is 5.91 Å². The Bertz CT molecular complexity index is 895. The molecular formula is C36H68N6O. The van der Waals surface area contributed by atoms with Gasteiger partial charge >= 0.3 is 0 Å². The Labute approximate surface area is 264 Å². The molecule has 3 atom stereocenters. The average Bonchev–Trinajstić information content (AvgIpc) is 3.37. The molecule has 2 saturated carbocycles. The van der Waals surface area contributed by atoms with E-state index in [-0.39, 0.29) is 11.9 Å². The first kappa shape index (κ1) is 36.0. The molecule has 248 valence electrons. The van der Waals surface area contributed by atoms with Crippen molar-refractivity contribution in [1.82, 2.24) is 20.3 Å². The summed E-state index contributed by atoms with van der Waals surface area (Å²) in [5.41, 5.74) is 13.4. The van der Waals surface area contributed by atoms with Crippen molar-refractivity contribution in [3.63, 3.8) is 0 Å². The number of unbranched alkanes of at least 4 members (excludes halogenated alkanes) is 1. The second kappa shape index (κ2) is 18.5. The lowest BCUT2D eigenvalue weighted by Crippen LogP contribution is -2.66. The molecule has 0 saturated heterocycles. The van der Waals surface area contributed by atoms with Crippen LogP contribution in [0.1, 0.15) is 181 Å². The predicted molar refractivity (Wildman–Crippen MR) is 180 cm³/mol. The van der Waals surface area contributed by atoms with Gasteiger partial charge in [-0.3, -0.25) is 9.48 Å². The highest BCUT2D eigenvalue weighted by molar-refractivity contribution is 5.77. The SMILES string of the molecule is CC1(CCCCn2cc(CCC(=O)NC3(C)CC(N)CCCC3(C)N)nn2)CCCCCCCCCCCCCCCC1. The van der Waals surface area contributed by atoms with Gasteiger partial charge in [-0.05, 0) is 64.2 Å². The maximum absolute atomic E-state index is 12.9. The third-order valence-electron chi connectivity index (χ3n) is 11.0. The van der Waals surface area contributed by atoms with E-state index in [1.165, 1.54) is 116 Å². The lowest BCUT2D eigenvalue weighted by Gasteiger charge is -2.44. The fraction of sp³-hybridized carbons (Fsp3) is 0.917. The Morgan fingerprint density at radius 3 is 2.00 bits per heavy atom. The lowest BCUT2D eigenvalue weighted by molar-refractivity contribution is -0.123. The molecule has 3 unspecified atom stereocenters. The zero-order valence-electron chi connectivity index (χ0n) is 28.4. The molecule has 1 aromatic heterocycles. The van der Waals surface area contributed by atoms with Crippen molar-refractivity contribution in [2.75, 3.05) is 0 Å². The summed E-state index contributed by atoms with van der Waals surface area (Å²) in [5.74, 6) is 0.0147. The standard InChI is InChI=1S/C36H68N6O/c1-34(24-16-14-12-10-8-6-4-5-7-9-11-13-15-17-25-34)26-18-19-28-42-30-32(40-41-42)22-23-33(43)39-36(3)29-31(37)21-20-27-35(36,2)38/h30-31H,4-29,37-38H2,1-3H3,(H,39,43). The number of hydrogen-bond donors (Lipinski definition) is 3. The average molecular weight is 601 g/mol. The summed E-state index contributed by atoms with van der Waals surface area (Å²) in [5, 5.41) is 12.0. The van der Waals surface area contributed by atoms with Crippen LogP contribution in [0.2, 0.25) is 0 Å². The second-order valence-corrected chi connectivity index (χ2v) is 15.3. The number of rotatable bonds is 9. The van der Waals surface area contributed by atoms with E-state index < -0.39 is 11.1 Å². The van der Waals surface area contributed by atoms with Gasteiger partial charge in [0.25, 0.3) is 0 Å². The fourth-order valence-electron chi connectivity index (χ4n) is 7.66. The highest BCUT2D eigenvalue weighted by Gasteiger charge is 2.45. The molecule has 0 radical (unpaired) electrons. The molecule has 5 N–H and O–H groups in total.